The number of para-hydroxylation sites is 1. The van der Waals surface area contributed by atoms with Gasteiger partial charge in [-0.2, -0.15) is 0 Å². The number of hydrogen-bond donors (Lipinski definition) is 0. The van der Waals surface area contributed by atoms with E-state index in [0.717, 1.165) is 111 Å². The molecule has 0 saturated heterocycles. The van der Waals surface area contributed by atoms with Gasteiger partial charge < -0.3 is 8.98 Å². The molecule has 0 aliphatic carbocycles. The third-order valence-corrected chi connectivity index (χ3v) is 15.6. The van der Waals surface area contributed by atoms with Crippen molar-refractivity contribution in [1.82, 2.24) is 49.4 Å². The zero-order valence-electron chi connectivity index (χ0n) is 45.9. The average Bonchev–Trinajstić information content (AvgIpc) is 2.20. The van der Waals surface area contributed by atoms with E-state index in [1.165, 1.54) is 0 Å². The van der Waals surface area contributed by atoms with Crippen molar-refractivity contribution in [3.63, 3.8) is 0 Å². The number of nitrogens with zero attached hydrogens (tertiary/aromatic N) is 10. The van der Waals surface area contributed by atoms with Gasteiger partial charge in [0.15, 0.2) is 52.4 Å². The van der Waals surface area contributed by atoms with E-state index in [1.54, 1.807) is 0 Å². The lowest BCUT2D eigenvalue weighted by Crippen LogP contribution is -2.02. The molecule has 0 saturated carbocycles. The van der Waals surface area contributed by atoms with Crippen LogP contribution in [0.1, 0.15) is 0 Å². The zero-order chi connectivity index (χ0) is 56.9. The van der Waals surface area contributed by atoms with Crippen LogP contribution >= 0.6 is 0 Å². The van der Waals surface area contributed by atoms with Crippen molar-refractivity contribution in [1.29, 1.82) is 0 Å². The summed E-state index contributed by atoms with van der Waals surface area (Å²) in [7, 11) is 0. The van der Waals surface area contributed by atoms with E-state index in [4.69, 9.17) is 49.3 Å². The fourth-order valence-electron chi connectivity index (χ4n) is 11.4. The predicted octanol–water partition coefficient (Wildman–Crippen LogP) is 17.9. The molecule has 0 bridgehead atoms. The summed E-state index contributed by atoms with van der Waals surface area (Å²) in [4.78, 5) is 46.3. The highest BCUT2D eigenvalue weighted by Crippen LogP contribution is 2.43. The maximum Gasteiger partial charge on any atom is 0.164 e. The number of hydrogen-bond acceptors (Lipinski definition) is 10. The van der Waals surface area contributed by atoms with Crippen molar-refractivity contribution in [3.05, 3.63) is 279 Å². The molecule has 0 N–H and O–H groups in total. The Kier molecular flexibility index (Phi) is 12.2. The van der Waals surface area contributed by atoms with Gasteiger partial charge in [-0.15, -0.1) is 0 Å². The van der Waals surface area contributed by atoms with Crippen LogP contribution in [-0.2, 0) is 0 Å². The van der Waals surface area contributed by atoms with Crippen LogP contribution in [0.25, 0.3) is 163 Å². The maximum absolute atomic E-state index is 6.43. The third kappa shape index (κ3) is 9.18. The molecule has 0 atom stereocenters. The first-order chi connectivity index (χ1) is 42.6. The predicted molar refractivity (Wildman–Crippen MR) is 343 cm³/mol. The van der Waals surface area contributed by atoms with Crippen LogP contribution in [0.5, 0.6) is 0 Å². The summed E-state index contributed by atoms with van der Waals surface area (Å²) in [6, 6.07) is 94.5. The lowest BCUT2D eigenvalue weighted by atomic mass is 9.98. The van der Waals surface area contributed by atoms with E-state index in [-0.39, 0.29) is 0 Å². The Hall–Kier alpha value is -12.0. The van der Waals surface area contributed by atoms with E-state index in [0.29, 0.717) is 52.4 Å². The summed E-state index contributed by atoms with van der Waals surface area (Å²) < 4.78 is 8.78. The summed E-state index contributed by atoms with van der Waals surface area (Å²) in [6.45, 7) is 0. The number of rotatable bonds is 11. The van der Waals surface area contributed by atoms with Crippen molar-refractivity contribution >= 4 is 43.7 Å². The van der Waals surface area contributed by atoms with Gasteiger partial charge in [0, 0.05) is 77.2 Å². The van der Waals surface area contributed by atoms with Gasteiger partial charge in [-0.05, 0) is 78.4 Å². The Morgan fingerprint density at radius 1 is 0.209 bits per heavy atom. The van der Waals surface area contributed by atoms with Crippen LogP contribution < -0.4 is 0 Å². The van der Waals surface area contributed by atoms with Crippen molar-refractivity contribution < 1.29 is 4.42 Å². The Morgan fingerprint density at radius 3 is 0.884 bits per heavy atom. The molecule has 11 nitrogen and oxygen atoms in total. The Bertz CT molecular complexity index is 4860. The van der Waals surface area contributed by atoms with Crippen molar-refractivity contribution in [3.8, 4) is 119 Å². The SMILES string of the molecule is c1ccc(-c2nc(-c3ccccc3)nc(-c3ccc(-n4c5ccc(-c6nc(-c7ccccc7)nc(-c7ccccc7)n6)cc5c5cc(-c6nc(-c7ccccc7)nc(-c7ccccc7)n6)ccc54)c(-c4ccc5oc6ccccc6c5c4)c3)n2)cc1. The van der Waals surface area contributed by atoms with E-state index < -0.39 is 0 Å². The van der Waals surface area contributed by atoms with Gasteiger partial charge in [-0.25, -0.2) is 44.9 Å². The quantitative estimate of drug-likeness (QED) is 0.123. The molecule has 0 amide bonds. The Morgan fingerprint density at radius 2 is 0.500 bits per heavy atom. The van der Waals surface area contributed by atoms with Gasteiger partial charge >= 0.3 is 0 Å². The normalized spacial score (nSPS) is 11.5. The van der Waals surface area contributed by atoms with E-state index >= 15 is 0 Å². The maximum atomic E-state index is 6.43. The van der Waals surface area contributed by atoms with Crippen LogP contribution in [0.15, 0.2) is 283 Å². The Labute approximate surface area is 493 Å². The van der Waals surface area contributed by atoms with Gasteiger partial charge in [0.2, 0.25) is 0 Å². The second-order valence-corrected chi connectivity index (χ2v) is 21.0. The molecule has 5 heterocycles. The fourth-order valence-corrected chi connectivity index (χ4v) is 11.4. The van der Waals surface area contributed by atoms with Crippen molar-refractivity contribution in [2.75, 3.05) is 0 Å². The number of fused-ring (bicyclic) bond motifs is 6. The first-order valence-electron chi connectivity index (χ1n) is 28.3. The second kappa shape index (κ2) is 21.1. The second-order valence-electron chi connectivity index (χ2n) is 21.0. The topological polar surface area (TPSA) is 134 Å². The van der Waals surface area contributed by atoms with Crippen LogP contribution in [0.3, 0.4) is 0 Å². The van der Waals surface area contributed by atoms with Crippen LogP contribution in [-0.4, -0.2) is 49.4 Å². The molecule has 402 valence electrons. The van der Waals surface area contributed by atoms with E-state index in [1.807, 2.05) is 194 Å². The molecule has 5 aromatic heterocycles. The molecule has 11 aromatic carbocycles. The fraction of sp³-hybridized carbons (Fsp3) is 0. The monoisotopic (exact) mass is 1100 g/mol. The summed E-state index contributed by atoms with van der Waals surface area (Å²) in [5.74, 6) is 5.10. The van der Waals surface area contributed by atoms with Gasteiger partial charge in [0.25, 0.3) is 0 Å². The first kappa shape index (κ1) is 49.8. The van der Waals surface area contributed by atoms with Crippen molar-refractivity contribution in [2.45, 2.75) is 0 Å². The molecule has 0 aliphatic rings. The van der Waals surface area contributed by atoms with E-state index in [2.05, 4.69) is 89.5 Å². The molecule has 16 aromatic rings. The number of furan rings is 1. The molecule has 0 fully saturated rings. The highest BCUT2D eigenvalue weighted by Gasteiger charge is 2.23. The number of aromatic nitrogens is 10. The molecule has 86 heavy (non-hydrogen) atoms. The minimum atomic E-state index is 0.543. The highest BCUT2D eigenvalue weighted by atomic mass is 16.3. The first-order valence-corrected chi connectivity index (χ1v) is 28.3. The lowest BCUT2D eigenvalue weighted by molar-refractivity contribution is 0.669. The molecular formula is C75H46N10O. The molecule has 11 heteroatoms. The van der Waals surface area contributed by atoms with Crippen LogP contribution in [0, 0.1) is 0 Å². The minimum absolute atomic E-state index is 0.543. The average molecular weight is 1100 g/mol. The minimum Gasteiger partial charge on any atom is -0.456 e. The number of benzene rings is 11. The van der Waals surface area contributed by atoms with Gasteiger partial charge in [0.05, 0.1) is 16.7 Å². The lowest BCUT2D eigenvalue weighted by Gasteiger charge is -2.17. The van der Waals surface area contributed by atoms with Gasteiger partial charge in [0.1, 0.15) is 11.2 Å². The van der Waals surface area contributed by atoms with E-state index in [9.17, 15) is 0 Å². The van der Waals surface area contributed by atoms with Crippen LogP contribution in [0.2, 0.25) is 0 Å². The summed E-state index contributed by atoms with van der Waals surface area (Å²) >= 11 is 0. The summed E-state index contributed by atoms with van der Waals surface area (Å²) in [5.41, 5.74) is 14.2. The molecular weight excluding hydrogens is 1060 g/mol. The molecule has 0 spiro atoms. The van der Waals surface area contributed by atoms with Crippen LogP contribution in [0.4, 0.5) is 0 Å². The van der Waals surface area contributed by atoms with Gasteiger partial charge in [-0.1, -0.05) is 206 Å². The molecule has 0 radical (unpaired) electrons. The van der Waals surface area contributed by atoms with Gasteiger partial charge in [-0.3, -0.25) is 0 Å². The molecule has 0 unspecified atom stereocenters. The summed E-state index contributed by atoms with van der Waals surface area (Å²) in [5, 5.41) is 3.97. The third-order valence-electron chi connectivity index (χ3n) is 15.6. The standard InChI is InChI=1S/C75H46N10O/c1-7-21-47(22-8-1)67-76-68(48-23-9-2-10-24-48)80-73(79-67)54-35-39-62(58(44-54)53-38-42-66-61(43-53)57-33-19-20-34-65(57)86-66)85-63-40-36-55(74-81-69(49-25-11-3-12-26-49)77-70(82-74)50-27-13-4-14-28-50)45-59(63)60-46-56(37-41-64(60)85)75-83-71(51-29-15-5-16-30-51)78-72(84-75)52-31-17-6-18-32-52/h1-46H. The van der Waals surface area contributed by atoms with Crippen molar-refractivity contribution in [2.24, 2.45) is 0 Å². The zero-order valence-corrected chi connectivity index (χ0v) is 45.9. The summed E-state index contributed by atoms with van der Waals surface area (Å²) in [6.07, 6.45) is 0. The smallest absolute Gasteiger partial charge is 0.164 e. The largest absolute Gasteiger partial charge is 0.456 e. The molecule has 0 aliphatic heterocycles. The molecule has 16 rings (SSSR count). The highest BCUT2D eigenvalue weighted by molar-refractivity contribution is 6.12. The Balaban J connectivity index is 0.954.